The van der Waals surface area contributed by atoms with E-state index in [2.05, 4.69) is 10.2 Å². The quantitative estimate of drug-likeness (QED) is 0.496. The number of halogens is 1. The summed E-state index contributed by atoms with van der Waals surface area (Å²) in [6, 6.07) is 8.30. The lowest BCUT2D eigenvalue weighted by Crippen LogP contribution is -2.08. The second-order valence-corrected chi connectivity index (χ2v) is 5.58. The van der Waals surface area contributed by atoms with Gasteiger partial charge in [0.15, 0.2) is 5.71 Å². The molecule has 1 atom stereocenters. The Morgan fingerprint density at radius 2 is 2.16 bits per heavy atom. The number of hydrogen-bond donors (Lipinski definition) is 1. The van der Waals surface area contributed by atoms with Crippen LogP contribution < -0.4 is 5.09 Å². The van der Waals surface area contributed by atoms with Crippen molar-refractivity contribution in [3.8, 4) is 6.07 Å². The molecule has 0 saturated carbocycles. The van der Waals surface area contributed by atoms with Gasteiger partial charge in [-0.25, -0.2) is 9.65 Å². The smallest absolute Gasteiger partial charge is 0.300 e. The highest BCUT2D eigenvalue weighted by Gasteiger charge is 2.23. The molecular weight excluding hydrogens is 289 g/mol. The molecule has 1 rings (SSSR count). The fraction of sp³-hybridized carbons (Fsp3) is 0.273. The average molecular weight is 302 g/mol. The SMILES string of the molecule is CCOP(=O)(NC)ON=C(C#N)c1ccc(Cl)cc1. The van der Waals surface area contributed by atoms with E-state index in [0.29, 0.717) is 10.6 Å². The first kappa shape index (κ1) is 15.7. The third-order valence-electron chi connectivity index (χ3n) is 2.04. The van der Waals surface area contributed by atoms with Crippen molar-refractivity contribution in [2.75, 3.05) is 13.7 Å². The average Bonchev–Trinajstić information content (AvgIpc) is 2.41. The molecular formula is C11H13ClN3O3P. The third kappa shape index (κ3) is 4.66. The summed E-state index contributed by atoms with van der Waals surface area (Å²) in [6.07, 6.45) is 0. The first-order valence-corrected chi connectivity index (χ1v) is 7.33. The van der Waals surface area contributed by atoms with Crippen LogP contribution in [0.5, 0.6) is 0 Å². The molecule has 0 aliphatic rings. The Bertz CT molecular complexity index is 539. The van der Waals surface area contributed by atoms with Gasteiger partial charge in [0.25, 0.3) is 0 Å². The summed E-state index contributed by atoms with van der Waals surface area (Å²) < 4.78 is 21.6. The van der Waals surface area contributed by atoms with Crippen molar-refractivity contribution in [1.29, 1.82) is 5.26 Å². The Labute approximate surface area is 116 Å². The predicted molar refractivity (Wildman–Crippen MR) is 73.0 cm³/mol. The van der Waals surface area contributed by atoms with Crippen LogP contribution >= 0.6 is 19.3 Å². The molecule has 19 heavy (non-hydrogen) atoms. The van der Waals surface area contributed by atoms with Crippen molar-refractivity contribution in [3.05, 3.63) is 34.9 Å². The van der Waals surface area contributed by atoms with Crippen LogP contribution in [0.3, 0.4) is 0 Å². The molecule has 0 aliphatic carbocycles. The van der Waals surface area contributed by atoms with E-state index in [-0.39, 0.29) is 12.3 Å². The Morgan fingerprint density at radius 3 is 2.63 bits per heavy atom. The van der Waals surface area contributed by atoms with Crippen molar-refractivity contribution in [1.82, 2.24) is 5.09 Å². The first-order chi connectivity index (χ1) is 9.04. The van der Waals surface area contributed by atoms with Gasteiger partial charge in [0, 0.05) is 10.6 Å². The summed E-state index contributed by atoms with van der Waals surface area (Å²) in [7, 11) is -2.09. The van der Waals surface area contributed by atoms with Gasteiger partial charge in [-0.1, -0.05) is 28.9 Å². The lowest BCUT2D eigenvalue weighted by molar-refractivity contribution is 0.212. The minimum Gasteiger partial charge on any atom is -0.300 e. The van der Waals surface area contributed by atoms with E-state index in [0.717, 1.165) is 0 Å². The molecule has 0 aromatic heterocycles. The van der Waals surface area contributed by atoms with Crippen molar-refractivity contribution >= 4 is 25.1 Å². The van der Waals surface area contributed by atoms with Gasteiger partial charge in [0.2, 0.25) is 0 Å². The van der Waals surface area contributed by atoms with Crippen LogP contribution in [-0.2, 0) is 13.7 Å². The zero-order valence-electron chi connectivity index (χ0n) is 10.5. The van der Waals surface area contributed by atoms with E-state index in [1.165, 1.54) is 7.05 Å². The Morgan fingerprint density at radius 1 is 1.53 bits per heavy atom. The van der Waals surface area contributed by atoms with Gasteiger partial charge in [-0.2, -0.15) is 5.26 Å². The van der Waals surface area contributed by atoms with Crippen LogP contribution in [0.25, 0.3) is 0 Å². The molecule has 0 fully saturated rings. The summed E-state index contributed by atoms with van der Waals surface area (Å²) in [5, 5.41) is 15.5. The molecule has 1 aromatic rings. The molecule has 8 heteroatoms. The zero-order chi connectivity index (χ0) is 14.3. The number of nitriles is 1. The van der Waals surface area contributed by atoms with E-state index in [1.54, 1.807) is 31.2 Å². The molecule has 1 unspecified atom stereocenters. The summed E-state index contributed by atoms with van der Waals surface area (Å²) in [4.78, 5) is 0. The van der Waals surface area contributed by atoms with Crippen molar-refractivity contribution in [3.63, 3.8) is 0 Å². The van der Waals surface area contributed by atoms with Gasteiger partial charge in [-0.3, -0.25) is 4.52 Å². The van der Waals surface area contributed by atoms with E-state index in [4.69, 9.17) is 26.0 Å². The normalized spacial score (nSPS) is 14.5. The molecule has 6 nitrogen and oxygen atoms in total. The molecule has 0 amide bonds. The van der Waals surface area contributed by atoms with Crippen molar-refractivity contribution in [2.24, 2.45) is 5.16 Å². The third-order valence-corrected chi connectivity index (χ3v) is 3.73. The Hall–Kier alpha value is -1.38. The maximum atomic E-state index is 11.9. The van der Waals surface area contributed by atoms with Gasteiger partial charge in [0.1, 0.15) is 6.07 Å². The molecule has 0 aliphatic heterocycles. The molecule has 102 valence electrons. The number of nitrogens with one attached hydrogen (secondary N) is 1. The molecule has 0 saturated heterocycles. The highest BCUT2D eigenvalue weighted by molar-refractivity contribution is 7.51. The molecule has 0 heterocycles. The standard InChI is InChI=1S/C11H13ClN3O3P/c1-3-17-19(16,14-2)18-15-11(8-13)9-4-6-10(12)7-5-9/h4-7H,3H2,1-2H3,(H,14,16). The Balaban J connectivity index is 2.92. The first-order valence-electron chi connectivity index (χ1n) is 5.41. The summed E-state index contributed by atoms with van der Waals surface area (Å²) in [5.74, 6) is 0. The number of oxime groups is 1. The second kappa shape index (κ2) is 7.27. The molecule has 1 N–H and O–H groups in total. The second-order valence-electron chi connectivity index (χ2n) is 3.28. The van der Waals surface area contributed by atoms with Gasteiger partial charge in [0.05, 0.1) is 6.61 Å². The maximum absolute atomic E-state index is 11.9. The largest absolute Gasteiger partial charge is 0.478 e. The van der Waals surface area contributed by atoms with Crippen LogP contribution in [0.1, 0.15) is 12.5 Å². The molecule has 0 spiro atoms. The fourth-order valence-electron chi connectivity index (χ4n) is 1.14. The summed E-state index contributed by atoms with van der Waals surface area (Å²) in [5.41, 5.74) is 0.484. The lowest BCUT2D eigenvalue weighted by atomic mass is 10.1. The molecule has 1 aromatic carbocycles. The topological polar surface area (TPSA) is 83.7 Å². The number of benzene rings is 1. The van der Waals surface area contributed by atoms with Crippen LogP contribution in [-0.4, -0.2) is 19.4 Å². The van der Waals surface area contributed by atoms with Gasteiger partial charge in [-0.05, 0) is 26.1 Å². The number of rotatable bonds is 6. The lowest BCUT2D eigenvalue weighted by Gasteiger charge is -2.12. The monoisotopic (exact) mass is 301 g/mol. The summed E-state index contributed by atoms with van der Waals surface area (Å²) in [6.45, 7) is 1.86. The van der Waals surface area contributed by atoms with Crippen LogP contribution in [0.15, 0.2) is 29.4 Å². The van der Waals surface area contributed by atoms with Gasteiger partial charge in [-0.15, -0.1) is 0 Å². The zero-order valence-corrected chi connectivity index (χ0v) is 12.1. The highest BCUT2D eigenvalue weighted by atomic mass is 35.5. The number of hydrogen-bond acceptors (Lipinski definition) is 5. The van der Waals surface area contributed by atoms with Gasteiger partial charge < -0.3 is 4.62 Å². The van der Waals surface area contributed by atoms with E-state index < -0.39 is 7.75 Å². The van der Waals surface area contributed by atoms with E-state index in [1.807, 2.05) is 6.07 Å². The molecule has 0 radical (unpaired) electrons. The Kier molecular flexibility index (Phi) is 6.00. The van der Waals surface area contributed by atoms with Crippen LogP contribution in [0.4, 0.5) is 0 Å². The van der Waals surface area contributed by atoms with Crippen molar-refractivity contribution < 1.29 is 13.7 Å². The minimum absolute atomic E-state index is 0.0214. The van der Waals surface area contributed by atoms with Crippen molar-refractivity contribution in [2.45, 2.75) is 6.92 Å². The van der Waals surface area contributed by atoms with E-state index >= 15 is 0 Å². The van der Waals surface area contributed by atoms with Crippen LogP contribution in [0.2, 0.25) is 5.02 Å². The summed E-state index contributed by atoms with van der Waals surface area (Å²) >= 11 is 5.74. The van der Waals surface area contributed by atoms with E-state index in [9.17, 15) is 4.57 Å². The predicted octanol–water partition coefficient (Wildman–Crippen LogP) is 2.95. The fourth-order valence-corrected chi connectivity index (χ4v) is 2.05. The van der Waals surface area contributed by atoms with Gasteiger partial charge >= 0.3 is 7.75 Å². The minimum atomic E-state index is -3.51. The molecule has 0 bridgehead atoms. The maximum Gasteiger partial charge on any atom is 0.478 e. The van der Waals surface area contributed by atoms with Crippen LogP contribution in [0, 0.1) is 11.3 Å². The number of nitrogens with zero attached hydrogens (tertiary/aromatic N) is 2. The highest BCUT2D eigenvalue weighted by Crippen LogP contribution is 2.43.